The average Bonchev–Trinajstić information content (AvgIpc) is 2.98. The van der Waals surface area contributed by atoms with Gasteiger partial charge in [-0.1, -0.05) is 6.07 Å². The van der Waals surface area contributed by atoms with Gasteiger partial charge >= 0.3 is 0 Å². The molecule has 7 heteroatoms. The van der Waals surface area contributed by atoms with Crippen LogP contribution in [0.2, 0.25) is 0 Å². The second kappa shape index (κ2) is 8.59. The van der Waals surface area contributed by atoms with Crippen LogP contribution in [0.25, 0.3) is 0 Å². The SMILES string of the molecule is CN(CC(=O)NC[C@@H]1CCCO1)CC(=O)Nc1cccc(F)c1. The molecule has 2 rings (SSSR count). The highest BCUT2D eigenvalue weighted by Crippen LogP contribution is 2.10. The monoisotopic (exact) mass is 323 g/mol. The largest absolute Gasteiger partial charge is 0.376 e. The summed E-state index contributed by atoms with van der Waals surface area (Å²) < 4.78 is 18.5. The molecule has 2 N–H and O–H groups in total. The Morgan fingerprint density at radius 3 is 2.83 bits per heavy atom. The van der Waals surface area contributed by atoms with Gasteiger partial charge in [0.1, 0.15) is 5.82 Å². The number of nitrogens with zero attached hydrogens (tertiary/aromatic N) is 1. The van der Waals surface area contributed by atoms with E-state index in [2.05, 4.69) is 10.6 Å². The molecule has 1 atom stereocenters. The van der Waals surface area contributed by atoms with E-state index in [9.17, 15) is 14.0 Å². The summed E-state index contributed by atoms with van der Waals surface area (Å²) in [6.45, 7) is 1.41. The first kappa shape index (κ1) is 17.4. The molecular weight excluding hydrogens is 301 g/mol. The van der Waals surface area contributed by atoms with E-state index in [0.717, 1.165) is 19.4 Å². The van der Waals surface area contributed by atoms with Crippen LogP contribution in [0.1, 0.15) is 12.8 Å². The fraction of sp³-hybridized carbons (Fsp3) is 0.500. The van der Waals surface area contributed by atoms with E-state index in [1.165, 1.54) is 18.2 Å². The number of benzene rings is 1. The van der Waals surface area contributed by atoms with Gasteiger partial charge in [-0.25, -0.2) is 4.39 Å². The van der Waals surface area contributed by atoms with Crippen LogP contribution in [0.4, 0.5) is 10.1 Å². The van der Waals surface area contributed by atoms with Crippen molar-refractivity contribution in [1.82, 2.24) is 10.2 Å². The summed E-state index contributed by atoms with van der Waals surface area (Å²) in [7, 11) is 1.68. The standard InChI is InChI=1S/C16H22FN3O3/c1-20(10-15(21)18-9-14-6-3-7-23-14)11-16(22)19-13-5-2-4-12(17)8-13/h2,4-5,8,14H,3,6-7,9-11H2,1H3,(H,18,21)(H,19,22)/t14-/m0/s1. The van der Waals surface area contributed by atoms with Crippen molar-refractivity contribution in [3.05, 3.63) is 30.1 Å². The van der Waals surface area contributed by atoms with Crippen LogP contribution in [-0.4, -0.2) is 56.1 Å². The van der Waals surface area contributed by atoms with Gasteiger partial charge < -0.3 is 15.4 Å². The minimum Gasteiger partial charge on any atom is -0.376 e. The summed E-state index contributed by atoms with van der Waals surface area (Å²) in [5.74, 6) is -0.865. The van der Waals surface area contributed by atoms with E-state index in [1.807, 2.05) is 0 Å². The van der Waals surface area contributed by atoms with Crippen molar-refractivity contribution in [1.29, 1.82) is 0 Å². The van der Waals surface area contributed by atoms with Crippen LogP contribution in [0, 0.1) is 5.82 Å². The number of amides is 2. The molecule has 1 aromatic carbocycles. The molecule has 1 aromatic rings. The Morgan fingerprint density at radius 1 is 1.35 bits per heavy atom. The number of carbonyl (C=O) groups excluding carboxylic acids is 2. The van der Waals surface area contributed by atoms with Crippen molar-refractivity contribution < 1.29 is 18.7 Å². The molecule has 126 valence electrons. The molecule has 1 heterocycles. The second-order valence-corrected chi connectivity index (χ2v) is 5.67. The summed E-state index contributed by atoms with van der Waals surface area (Å²) in [4.78, 5) is 25.3. The van der Waals surface area contributed by atoms with Crippen molar-refractivity contribution in [2.24, 2.45) is 0 Å². The first-order valence-corrected chi connectivity index (χ1v) is 7.65. The minimum atomic E-state index is -0.412. The van der Waals surface area contributed by atoms with Gasteiger partial charge in [0, 0.05) is 18.8 Å². The quantitative estimate of drug-likeness (QED) is 0.785. The number of carbonyl (C=O) groups is 2. The van der Waals surface area contributed by atoms with Gasteiger partial charge in [-0.3, -0.25) is 14.5 Å². The fourth-order valence-corrected chi connectivity index (χ4v) is 2.40. The molecule has 6 nitrogen and oxygen atoms in total. The zero-order valence-corrected chi connectivity index (χ0v) is 13.2. The highest BCUT2D eigenvalue weighted by Gasteiger charge is 2.17. The number of hydrogen-bond acceptors (Lipinski definition) is 4. The summed E-state index contributed by atoms with van der Waals surface area (Å²) >= 11 is 0. The Kier molecular flexibility index (Phi) is 6.49. The Balaban J connectivity index is 1.67. The van der Waals surface area contributed by atoms with E-state index in [1.54, 1.807) is 18.0 Å². The zero-order chi connectivity index (χ0) is 16.7. The number of likely N-dealkylation sites (N-methyl/N-ethyl adjacent to an activating group) is 1. The lowest BCUT2D eigenvalue weighted by Gasteiger charge is -2.17. The van der Waals surface area contributed by atoms with Crippen molar-refractivity contribution in [3.8, 4) is 0 Å². The van der Waals surface area contributed by atoms with Crippen LogP contribution in [0.15, 0.2) is 24.3 Å². The van der Waals surface area contributed by atoms with E-state index in [-0.39, 0.29) is 31.0 Å². The van der Waals surface area contributed by atoms with Gasteiger partial charge in [-0.15, -0.1) is 0 Å². The molecule has 1 saturated heterocycles. The number of halogens is 1. The van der Waals surface area contributed by atoms with E-state index in [0.29, 0.717) is 12.2 Å². The molecule has 0 bridgehead atoms. The third-order valence-electron chi connectivity index (χ3n) is 3.49. The molecule has 0 aromatic heterocycles. The van der Waals surface area contributed by atoms with Crippen LogP contribution >= 0.6 is 0 Å². The Morgan fingerprint density at radius 2 is 2.13 bits per heavy atom. The minimum absolute atomic E-state index is 0.0455. The third-order valence-corrected chi connectivity index (χ3v) is 3.49. The molecule has 1 fully saturated rings. The zero-order valence-electron chi connectivity index (χ0n) is 13.2. The first-order chi connectivity index (χ1) is 11.0. The normalized spacial score (nSPS) is 17.3. The van der Waals surface area contributed by atoms with Crippen LogP contribution < -0.4 is 10.6 Å². The fourth-order valence-electron chi connectivity index (χ4n) is 2.40. The molecule has 23 heavy (non-hydrogen) atoms. The van der Waals surface area contributed by atoms with Crippen LogP contribution in [-0.2, 0) is 14.3 Å². The molecule has 0 unspecified atom stereocenters. The predicted molar refractivity (Wildman–Crippen MR) is 84.5 cm³/mol. The number of hydrogen-bond donors (Lipinski definition) is 2. The van der Waals surface area contributed by atoms with E-state index in [4.69, 9.17) is 4.74 Å². The third kappa shape index (κ3) is 6.33. The predicted octanol–water partition coefficient (Wildman–Crippen LogP) is 0.991. The Labute approximate surface area is 135 Å². The van der Waals surface area contributed by atoms with Crippen molar-refractivity contribution >= 4 is 17.5 Å². The highest BCUT2D eigenvalue weighted by molar-refractivity contribution is 5.92. The van der Waals surface area contributed by atoms with Gasteiger partial charge in [0.25, 0.3) is 0 Å². The topological polar surface area (TPSA) is 70.7 Å². The molecule has 0 saturated carbocycles. The molecule has 1 aliphatic rings. The van der Waals surface area contributed by atoms with Crippen molar-refractivity contribution in [3.63, 3.8) is 0 Å². The molecular formula is C16H22FN3O3. The van der Waals surface area contributed by atoms with Crippen molar-refractivity contribution in [2.45, 2.75) is 18.9 Å². The lowest BCUT2D eigenvalue weighted by Crippen LogP contribution is -2.41. The maximum absolute atomic E-state index is 13.0. The van der Waals surface area contributed by atoms with Gasteiger partial charge in [0.05, 0.1) is 19.2 Å². The lowest BCUT2D eigenvalue weighted by atomic mass is 10.2. The number of anilines is 1. The summed E-state index contributed by atoms with van der Waals surface area (Å²) in [6.07, 6.45) is 2.09. The summed E-state index contributed by atoms with van der Waals surface area (Å²) in [6, 6.07) is 5.68. The van der Waals surface area contributed by atoms with Gasteiger partial charge in [-0.2, -0.15) is 0 Å². The highest BCUT2D eigenvalue weighted by atomic mass is 19.1. The molecule has 0 aliphatic carbocycles. The lowest BCUT2D eigenvalue weighted by molar-refractivity contribution is -0.123. The molecule has 0 radical (unpaired) electrons. The van der Waals surface area contributed by atoms with E-state index >= 15 is 0 Å². The van der Waals surface area contributed by atoms with Gasteiger partial charge in [-0.05, 0) is 38.1 Å². The first-order valence-electron chi connectivity index (χ1n) is 7.65. The second-order valence-electron chi connectivity index (χ2n) is 5.67. The van der Waals surface area contributed by atoms with Crippen LogP contribution in [0.3, 0.4) is 0 Å². The van der Waals surface area contributed by atoms with Crippen molar-refractivity contribution in [2.75, 3.05) is 38.6 Å². The molecule has 1 aliphatic heterocycles. The van der Waals surface area contributed by atoms with Crippen LogP contribution in [0.5, 0.6) is 0 Å². The number of rotatable bonds is 7. The van der Waals surface area contributed by atoms with Gasteiger partial charge in [0.15, 0.2) is 0 Å². The summed E-state index contributed by atoms with van der Waals surface area (Å²) in [5, 5.41) is 5.39. The smallest absolute Gasteiger partial charge is 0.238 e. The Bertz CT molecular complexity index is 547. The summed E-state index contributed by atoms with van der Waals surface area (Å²) in [5.41, 5.74) is 0.395. The average molecular weight is 323 g/mol. The molecule has 2 amide bonds. The number of ether oxygens (including phenoxy) is 1. The maximum Gasteiger partial charge on any atom is 0.238 e. The van der Waals surface area contributed by atoms with Gasteiger partial charge in [0.2, 0.25) is 11.8 Å². The molecule has 0 spiro atoms. The Hall–Kier alpha value is -1.99. The number of nitrogens with one attached hydrogen (secondary N) is 2. The van der Waals surface area contributed by atoms with E-state index < -0.39 is 5.82 Å². The maximum atomic E-state index is 13.0.